The number of rotatable bonds is 6. The maximum atomic E-state index is 12.6. The van der Waals surface area contributed by atoms with Gasteiger partial charge in [-0.3, -0.25) is 14.9 Å². The second-order valence-electron chi connectivity index (χ2n) is 11.7. The van der Waals surface area contributed by atoms with Crippen LogP contribution in [0.2, 0.25) is 6.32 Å². The van der Waals surface area contributed by atoms with Crippen molar-refractivity contribution in [2.24, 2.45) is 28.9 Å². The van der Waals surface area contributed by atoms with Gasteiger partial charge in [-0.15, -0.1) is 0 Å². The van der Waals surface area contributed by atoms with Gasteiger partial charge in [-0.2, -0.15) is 0 Å². The van der Waals surface area contributed by atoms with E-state index in [0.29, 0.717) is 30.8 Å². The van der Waals surface area contributed by atoms with Crippen molar-refractivity contribution >= 4 is 19.0 Å². The van der Waals surface area contributed by atoms with Crippen LogP contribution in [0.5, 0.6) is 0 Å². The van der Waals surface area contributed by atoms with E-state index in [1.807, 2.05) is 4.90 Å². The highest BCUT2D eigenvalue weighted by atomic mass is 16.7. The van der Waals surface area contributed by atoms with Crippen molar-refractivity contribution in [2.45, 2.75) is 95.4 Å². The first kappa shape index (κ1) is 22.6. The molecule has 3 saturated carbocycles. The van der Waals surface area contributed by atoms with Crippen molar-refractivity contribution in [1.82, 2.24) is 10.2 Å². The number of carboxylic acid groups (broad SMARTS) is 1. The molecule has 3 saturated heterocycles. The van der Waals surface area contributed by atoms with Gasteiger partial charge >= 0.3 is 13.1 Å². The number of nitrogens with one attached hydrogen (secondary N) is 1. The number of hydrogen-bond donors (Lipinski definition) is 3. The van der Waals surface area contributed by atoms with Crippen molar-refractivity contribution in [3.63, 3.8) is 0 Å². The maximum Gasteiger partial charge on any atom is 0.457 e. The molecule has 3 aliphatic carbocycles. The molecule has 9 heteroatoms. The van der Waals surface area contributed by atoms with Crippen LogP contribution >= 0.6 is 0 Å². The van der Waals surface area contributed by atoms with Gasteiger partial charge in [0.1, 0.15) is 5.54 Å². The molecule has 3 aliphatic heterocycles. The maximum absolute atomic E-state index is 12.6. The van der Waals surface area contributed by atoms with Crippen LogP contribution in [0.15, 0.2) is 0 Å². The first-order valence-electron chi connectivity index (χ1n) is 12.4. The van der Waals surface area contributed by atoms with Gasteiger partial charge < -0.3 is 25.0 Å². The molecule has 4 N–H and O–H groups in total. The molecule has 4 bridgehead atoms. The van der Waals surface area contributed by atoms with Crippen LogP contribution in [0, 0.1) is 23.2 Å². The van der Waals surface area contributed by atoms with Crippen LogP contribution in [0.25, 0.3) is 0 Å². The standard InChI is InChI=1S/C23H38BN3O5/c1-13(25)19(28)27-9-7-23(20(29)30)15(16(27)12-26-23)6-5-8-24-31-18-11-14-10-17(21(14,2)3)22(18,4)32-24/h13-18,26H,5-12,25H2,1-4H3,(H,29,30)/t13?,14-,15?,16?,17-,18+,22-,23+/m0/s1. The molecule has 8 nitrogen and oxygen atoms in total. The van der Waals surface area contributed by atoms with E-state index in [2.05, 4.69) is 26.1 Å². The Morgan fingerprint density at radius 2 is 2.06 bits per heavy atom. The Hall–Kier alpha value is -1.16. The molecular weight excluding hydrogens is 409 g/mol. The normalized spacial score (nSPS) is 44.7. The highest BCUT2D eigenvalue weighted by Gasteiger charge is 2.67. The molecule has 0 aromatic heterocycles. The molecule has 6 rings (SSSR count). The minimum atomic E-state index is -0.956. The number of amides is 1. The lowest BCUT2D eigenvalue weighted by molar-refractivity contribution is -0.199. The van der Waals surface area contributed by atoms with Crippen molar-refractivity contribution in [3.8, 4) is 0 Å². The van der Waals surface area contributed by atoms with Crippen molar-refractivity contribution in [1.29, 1.82) is 0 Å². The Kier molecular flexibility index (Phi) is 5.25. The molecule has 178 valence electrons. The second kappa shape index (κ2) is 7.42. The van der Waals surface area contributed by atoms with Gasteiger partial charge in [0, 0.05) is 25.0 Å². The summed E-state index contributed by atoms with van der Waals surface area (Å²) in [6.07, 6.45) is 5.16. The van der Waals surface area contributed by atoms with Crippen molar-refractivity contribution < 1.29 is 24.0 Å². The summed E-state index contributed by atoms with van der Waals surface area (Å²) >= 11 is 0. The summed E-state index contributed by atoms with van der Waals surface area (Å²) in [6, 6.07) is -0.703. The Morgan fingerprint density at radius 3 is 2.72 bits per heavy atom. The van der Waals surface area contributed by atoms with E-state index in [1.54, 1.807) is 6.92 Å². The summed E-state index contributed by atoms with van der Waals surface area (Å²) in [5, 5.41) is 13.3. The summed E-state index contributed by atoms with van der Waals surface area (Å²) in [5.41, 5.74) is 5.01. The largest absolute Gasteiger partial charge is 0.480 e. The number of aliphatic carboxylic acids is 1. The highest BCUT2D eigenvalue weighted by molar-refractivity contribution is 6.45. The molecule has 0 aromatic carbocycles. The fraction of sp³-hybridized carbons (Fsp3) is 0.913. The molecule has 32 heavy (non-hydrogen) atoms. The summed E-state index contributed by atoms with van der Waals surface area (Å²) in [5.74, 6) is 0.217. The first-order valence-corrected chi connectivity index (χ1v) is 12.4. The average molecular weight is 447 g/mol. The van der Waals surface area contributed by atoms with Crippen LogP contribution in [-0.2, 0) is 18.9 Å². The second-order valence-corrected chi connectivity index (χ2v) is 11.7. The molecule has 6 fully saturated rings. The number of carboxylic acids is 1. The molecule has 6 aliphatic rings. The van der Waals surface area contributed by atoms with E-state index >= 15 is 0 Å². The van der Waals surface area contributed by atoms with Gasteiger partial charge in [0.15, 0.2) is 0 Å². The number of likely N-dealkylation sites (tertiary alicyclic amines) is 1. The lowest BCUT2D eigenvalue weighted by Crippen LogP contribution is -2.65. The molecule has 0 spiro atoms. The predicted molar refractivity (Wildman–Crippen MR) is 120 cm³/mol. The lowest BCUT2D eigenvalue weighted by atomic mass is 9.43. The van der Waals surface area contributed by atoms with Gasteiger partial charge in [0.25, 0.3) is 0 Å². The third-order valence-corrected chi connectivity index (χ3v) is 9.88. The third kappa shape index (κ3) is 3.03. The number of piperidine rings is 1. The molecule has 3 heterocycles. The van der Waals surface area contributed by atoms with Crippen LogP contribution in [0.3, 0.4) is 0 Å². The Labute approximate surface area is 191 Å². The molecular formula is C23H38BN3O5. The monoisotopic (exact) mass is 447 g/mol. The predicted octanol–water partition coefficient (Wildman–Crippen LogP) is 1.49. The molecule has 0 radical (unpaired) electrons. The summed E-state index contributed by atoms with van der Waals surface area (Å²) in [7, 11) is -0.225. The van der Waals surface area contributed by atoms with E-state index in [9.17, 15) is 14.7 Å². The Balaban J connectivity index is 1.23. The number of nitrogens with two attached hydrogens (primary N) is 1. The fourth-order valence-corrected chi connectivity index (χ4v) is 7.85. The zero-order valence-corrected chi connectivity index (χ0v) is 19.8. The van der Waals surface area contributed by atoms with E-state index in [-0.39, 0.29) is 36.7 Å². The number of carbonyl (C=O) groups is 2. The number of hydrogen-bond acceptors (Lipinski definition) is 6. The number of carbonyl (C=O) groups excluding carboxylic acids is 1. The third-order valence-electron chi connectivity index (χ3n) is 9.88. The zero-order chi connectivity index (χ0) is 23.1. The van der Waals surface area contributed by atoms with Gasteiger partial charge in [0.05, 0.1) is 17.7 Å². The van der Waals surface area contributed by atoms with Crippen LogP contribution in [0.4, 0.5) is 0 Å². The molecule has 8 atom stereocenters. The zero-order valence-electron chi connectivity index (χ0n) is 19.8. The van der Waals surface area contributed by atoms with E-state index in [4.69, 9.17) is 15.0 Å². The minimum absolute atomic E-state index is 0.0937. The van der Waals surface area contributed by atoms with E-state index < -0.39 is 17.6 Å². The smallest absolute Gasteiger partial charge is 0.457 e. The van der Waals surface area contributed by atoms with Gasteiger partial charge in [-0.1, -0.05) is 20.3 Å². The van der Waals surface area contributed by atoms with Gasteiger partial charge in [-0.05, 0) is 63.1 Å². The number of nitrogens with zero attached hydrogens (tertiary/aromatic N) is 1. The molecule has 3 unspecified atom stereocenters. The van der Waals surface area contributed by atoms with Gasteiger partial charge in [0.2, 0.25) is 5.91 Å². The van der Waals surface area contributed by atoms with E-state index in [0.717, 1.165) is 31.5 Å². The Morgan fingerprint density at radius 1 is 1.31 bits per heavy atom. The minimum Gasteiger partial charge on any atom is -0.480 e. The summed E-state index contributed by atoms with van der Waals surface area (Å²) in [6.45, 7) is 9.58. The van der Waals surface area contributed by atoms with Crippen LogP contribution in [-0.4, -0.2) is 71.4 Å². The average Bonchev–Trinajstić information content (AvgIpc) is 3.18. The highest BCUT2D eigenvalue weighted by Crippen LogP contribution is 2.65. The topological polar surface area (TPSA) is 114 Å². The molecule has 0 aromatic rings. The first-order chi connectivity index (χ1) is 15.0. The SMILES string of the molecule is CC(N)C(=O)N1CC[C@@]2(C(=O)O)NCC1C2CCCB1O[C@@H]2C[C@@H]3C[C@@H](C3(C)C)[C@]2(C)O1. The lowest BCUT2D eigenvalue weighted by Gasteiger charge is -2.64. The Bertz CT molecular complexity index is 809. The van der Waals surface area contributed by atoms with E-state index in [1.165, 1.54) is 6.42 Å². The van der Waals surface area contributed by atoms with Gasteiger partial charge in [-0.25, -0.2) is 0 Å². The quantitative estimate of drug-likeness (QED) is 0.529. The molecule has 1 amide bonds. The van der Waals surface area contributed by atoms with Crippen molar-refractivity contribution in [2.75, 3.05) is 13.1 Å². The van der Waals surface area contributed by atoms with Crippen LogP contribution < -0.4 is 11.1 Å². The summed E-state index contributed by atoms with van der Waals surface area (Å²) in [4.78, 5) is 26.7. The summed E-state index contributed by atoms with van der Waals surface area (Å²) < 4.78 is 12.9. The van der Waals surface area contributed by atoms with Crippen LogP contribution in [0.1, 0.15) is 59.8 Å². The van der Waals surface area contributed by atoms with Crippen molar-refractivity contribution in [3.05, 3.63) is 0 Å². The number of fused-ring (bicyclic) bond motifs is 2. The fourth-order valence-electron chi connectivity index (χ4n) is 7.85.